The third-order valence-electron chi connectivity index (χ3n) is 5.01. The van der Waals surface area contributed by atoms with Crippen LogP contribution in [-0.2, 0) is 22.6 Å². The number of nitrogens with zero attached hydrogens (tertiary/aromatic N) is 2. The lowest BCUT2D eigenvalue weighted by Crippen LogP contribution is -2.33. The molecule has 9 heteroatoms. The van der Waals surface area contributed by atoms with E-state index >= 15 is 0 Å². The highest BCUT2D eigenvalue weighted by Crippen LogP contribution is 2.35. The number of aromatic nitrogens is 1. The minimum atomic E-state index is -0.173. The van der Waals surface area contributed by atoms with Crippen LogP contribution in [0.2, 0.25) is 0 Å². The predicted octanol–water partition coefficient (Wildman–Crippen LogP) is 3.26. The number of benzene rings is 2. The molecule has 1 aromatic heterocycles. The summed E-state index contributed by atoms with van der Waals surface area (Å²) in [5.41, 5.74) is 2.20. The average Bonchev–Trinajstić information content (AvgIpc) is 3.47. The zero-order valence-electron chi connectivity index (χ0n) is 18.1. The molecule has 0 unspecified atom stereocenters. The van der Waals surface area contributed by atoms with E-state index in [-0.39, 0.29) is 25.9 Å². The van der Waals surface area contributed by atoms with E-state index < -0.39 is 0 Å². The van der Waals surface area contributed by atoms with Crippen molar-refractivity contribution in [1.82, 2.24) is 10.1 Å². The van der Waals surface area contributed by atoms with Gasteiger partial charge >= 0.3 is 0 Å². The Kier molecular flexibility index (Phi) is 6.46. The van der Waals surface area contributed by atoms with Crippen molar-refractivity contribution in [3.63, 3.8) is 0 Å². The van der Waals surface area contributed by atoms with Gasteiger partial charge in [0.15, 0.2) is 17.3 Å². The summed E-state index contributed by atoms with van der Waals surface area (Å²) in [5, 5.41) is 4.15. The van der Waals surface area contributed by atoms with Gasteiger partial charge in [0.05, 0.1) is 26.3 Å². The molecule has 32 heavy (non-hydrogen) atoms. The highest BCUT2D eigenvalue weighted by molar-refractivity contribution is 5.77. The first-order chi connectivity index (χ1) is 15.6. The molecule has 3 aromatic rings. The van der Waals surface area contributed by atoms with Crippen molar-refractivity contribution in [3.8, 4) is 34.3 Å². The fourth-order valence-corrected chi connectivity index (χ4v) is 3.42. The number of fused-ring (bicyclic) bond motifs is 1. The second-order valence-electron chi connectivity index (χ2n) is 7.12. The summed E-state index contributed by atoms with van der Waals surface area (Å²) in [5.74, 6) is 2.98. The van der Waals surface area contributed by atoms with Crippen LogP contribution in [0.1, 0.15) is 11.3 Å². The average molecular weight is 440 g/mol. The lowest BCUT2D eigenvalue weighted by molar-refractivity contribution is -0.136. The van der Waals surface area contributed by atoms with Crippen molar-refractivity contribution < 1.29 is 33.0 Å². The molecule has 1 aliphatic rings. The Hall–Kier alpha value is -3.72. The first-order valence-electron chi connectivity index (χ1n) is 9.94. The Morgan fingerprint density at radius 2 is 1.84 bits per heavy atom. The molecule has 2 aromatic carbocycles. The molecular weight excluding hydrogens is 416 g/mol. The molecule has 1 amide bonds. The van der Waals surface area contributed by atoms with E-state index in [4.69, 9.17) is 28.2 Å². The first-order valence-corrected chi connectivity index (χ1v) is 9.94. The Morgan fingerprint density at radius 3 is 2.62 bits per heavy atom. The molecule has 0 atom stereocenters. The molecule has 0 radical (unpaired) electrons. The first kappa shape index (κ1) is 21.5. The molecule has 168 valence electrons. The summed E-state index contributed by atoms with van der Waals surface area (Å²) in [6.07, 6.45) is 0. The molecule has 0 saturated carbocycles. The van der Waals surface area contributed by atoms with Gasteiger partial charge in [-0.25, -0.2) is 0 Å². The molecule has 0 spiro atoms. The Balaban J connectivity index is 1.56. The second-order valence-corrected chi connectivity index (χ2v) is 7.12. The number of ether oxygens (including phenoxy) is 5. The number of carbonyl (C=O) groups excluding carboxylic acids is 1. The van der Waals surface area contributed by atoms with Crippen molar-refractivity contribution in [3.05, 3.63) is 53.7 Å². The van der Waals surface area contributed by atoms with E-state index in [0.29, 0.717) is 46.6 Å². The van der Waals surface area contributed by atoms with Gasteiger partial charge in [-0.1, -0.05) is 11.2 Å². The van der Waals surface area contributed by atoms with Gasteiger partial charge in [-0.2, -0.15) is 0 Å². The van der Waals surface area contributed by atoms with Crippen LogP contribution in [-0.4, -0.2) is 50.7 Å². The van der Waals surface area contributed by atoms with E-state index in [1.165, 1.54) is 7.11 Å². The van der Waals surface area contributed by atoms with E-state index in [2.05, 4.69) is 5.16 Å². The minimum Gasteiger partial charge on any atom is -0.497 e. The van der Waals surface area contributed by atoms with Crippen molar-refractivity contribution in [2.75, 3.05) is 34.7 Å². The number of amides is 1. The Morgan fingerprint density at radius 1 is 1.00 bits per heavy atom. The molecule has 0 saturated heterocycles. The quantitative estimate of drug-likeness (QED) is 0.501. The Bertz CT molecular complexity index is 1100. The van der Waals surface area contributed by atoms with Gasteiger partial charge in [-0.15, -0.1) is 0 Å². The third kappa shape index (κ3) is 4.62. The van der Waals surface area contributed by atoms with E-state index in [1.54, 1.807) is 37.3 Å². The number of rotatable bonds is 9. The number of hydrogen-bond donors (Lipinski definition) is 0. The molecular formula is C23H24N2O7. The third-order valence-corrected chi connectivity index (χ3v) is 5.01. The maximum Gasteiger partial charge on any atom is 0.249 e. The number of hydrogen-bond acceptors (Lipinski definition) is 8. The van der Waals surface area contributed by atoms with E-state index in [1.807, 2.05) is 24.3 Å². The van der Waals surface area contributed by atoms with Crippen molar-refractivity contribution >= 4 is 5.91 Å². The molecule has 1 aliphatic heterocycles. The van der Waals surface area contributed by atoms with Crippen LogP contribution in [0.3, 0.4) is 0 Å². The summed E-state index contributed by atoms with van der Waals surface area (Å²) < 4.78 is 32.1. The summed E-state index contributed by atoms with van der Waals surface area (Å²) in [6.45, 7) is 0.745. The van der Waals surface area contributed by atoms with E-state index in [9.17, 15) is 4.79 Å². The Labute approximate surface area is 185 Å². The van der Waals surface area contributed by atoms with Crippen molar-refractivity contribution in [1.29, 1.82) is 0 Å². The minimum absolute atomic E-state index is 0.0427. The summed E-state index contributed by atoms with van der Waals surface area (Å²) in [4.78, 5) is 14.3. The maximum absolute atomic E-state index is 12.7. The maximum atomic E-state index is 12.7. The highest BCUT2D eigenvalue weighted by Gasteiger charge is 2.20. The summed E-state index contributed by atoms with van der Waals surface area (Å²) in [6, 6.07) is 12.8. The van der Waals surface area contributed by atoms with Gasteiger partial charge in [0, 0.05) is 19.7 Å². The van der Waals surface area contributed by atoms with Gasteiger partial charge in [-0.05, 0) is 35.9 Å². The molecule has 4 rings (SSSR count). The normalized spacial score (nSPS) is 12.0. The molecule has 0 N–H and O–H groups in total. The fraction of sp³-hybridized carbons (Fsp3) is 0.304. The standard InChI is InChI=1S/C23H24N2O7/c1-27-13-23(26)25(11-15-4-6-20-22(8-15)31-14-30-20)12-16-9-21(32-24-16)18-10-17(28-2)5-7-19(18)29-3/h4-10H,11-14H2,1-3H3. The van der Waals surface area contributed by atoms with Crippen LogP contribution in [0.5, 0.6) is 23.0 Å². The van der Waals surface area contributed by atoms with Gasteiger partial charge in [-0.3, -0.25) is 4.79 Å². The lowest BCUT2D eigenvalue weighted by atomic mass is 10.1. The van der Waals surface area contributed by atoms with Crippen LogP contribution >= 0.6 is 0 Å². The van der Waals surface area contributed by atoms with Gasteiger partial charge in [0.25, 0.3) is 0 Å². The largest absolute Gasteiger partial charge is 0.497 e. The lowest BCUT2D eigenvalue weighted by Gasteiger charge is -2.21. The number of carbonyl (C=O) groups is 1. The fourth-order valence-electron chi connectivity index (χ4n) is 3.42. The van der Waals surface area contributed by atoms with E-state index in [0.717, 1.165) is 5.56 Å². The van der Waals surface area contributed by atoms with Crippen LogP contribution < -0.4 is 18.9 Å². The van der Waals surface area contributed by atoms with Gasteiger partial charge in [0.1, 0.15) is 23.8 Å². The molecule has 0 aliphatic carbocycles. The van der Waals surface area contributed by atoms with Crippen LogP contribution in [0.15, 0.2) is 47.0 Å². The van der Waals surface area contributed by atoms with Gasteiger partial charge in [0.2, 0.25) is 12.7 Å². The SMILES string of the molecule is COCC(=O)N(Cc1ccc2c(c1)OCO2)Cc1cc(-c2cc(OC)ccc2OC)on1. The van der Waals surface area contributed by atoms with Crippen molar-refractivity contribution in [2.24, 2.45) is 0 Å². The number of methoxy groups -OCH3 is 3. The van der Waals surface area contributed by atoms with Crippen LogP contribution in [0, 0.1) is 0 Å². The second kappa shape index (κ2) is 9.61. The molecule has 2 heterocycles. The molecule has 0 fully saturated rings. The zero-order valence-corrected chi connectivity index (χ0v) is 18.1. The zero-order chi connectivity index (χ0) is 22.5. The molecule has 9 nitrogen and oxygen atoms in total. The topological polar surface area (TPSA) is 92.5 Å². The summed E-state index contributed by atoms with van der Waals surface area (Å²) >= 11 is 0. The predicted molar refractivity (Wildman–Crippen MR) is 114 cm³/mol. The molecule has 0 bridgehead atoms. The van der Waals surface area contributed by atoms with Crippen LogP contribution in [0.4, 0.5) is 0 Å². The van der Waals surface area contributed by atoms with Crippen LogP contribution in [0.25, 0.3) is 11.3 Å². The highest BCUT2D eigenvalue weighted by atomic mass is 16.7. The summed E-state index contributed by atoms with van der Waals surface area (Å²) in [7, 11) is 4.66. The smallest absolute Gasteiger partial charge is 0.249 e. The monoisotopic (exact) mass is 440 g/mol. The van der Waals surface area contributed by atoms with Gasteiger partial charge < -0.3 is 33.1 Å². The van der Waals surface area contributed by atoms with Crippen molar-refractivity contribution in [2.45, 2.75) is 13.1 Å².